The van der Waals surface area contributed by atoms with E-state index >= 15 is 0 Å². The second-order valence-corrected chi connectivity index (χ2v) is 8.81. The molecule has 1 aromatic rings. The van der Waals surface area contributed by atoms with Crippen molar-refractivity contribution in [3.8, 4) is 0 Å². The van der Waals surface area contributed by atoms with Gasteiger partial charge in [-0.05, 0) is 32.4 Å². The van der Waals surface area contributed by atoms with E-state index < -0.39 is 60.6 Å². The smallest absolute Gasteiger partial charge is 0.408 e. The van der Waals surface area contributed by atoms with E-state index in [4.69, 9.17) is 14.2 Å². The lowest BCUT2D eigenvalue weighted by Crippen LogP contribution is -2.63. The second-order valence-electron chi connectivity index (χ2n) is 8.81. The molecule has 11 nitrogen and oxygen atoms in total. The van der Waals surface area contributed by atoms with Crippen LogP contribution in [0.25, 0.3) is 0 Å². The molecule has 2 rings (SSSR count). The number of benzene rings is 1. The highest BCUT2D eigenvalue weighted by atomic mass is 16.6. The van der Waals surface area contributed by atoms with Crippen LogP contribution < -0.4 is 10.6 Å². The molecule has 0 aliphatic carbocycles. The number of amides is 2. The number of ether oxygens (including phenoxy) is 3. The molecule has 34 heavy (non-hydrogen) atoms. The summed E-state index contributed by atoms with van der Waals surface area (Å²) < 4.78 is 16.1. The zero-order chi connectivity index (χ0) is 25.5. The van der Waals surface area contributed by atoms with Crippen molar-refractivity contribution in [2.75, 3.05) is 6.61 Å². The standard InChI is InChI=1S/C23H32N2O9/c1-13(27)24-18-15(25-22(31)34-23(2,3)4)10-17(33-20(18)19(29)16(28)11-26)21(30)32-12-14-8-6-5-7-9-14/h5-10,15-16,18-20,26,28-29H,11-12H2,1-4H3,(H,24,27)(H,25,31)/t15-,16+,18+,19+,20+/m0/s1. The molecule has 5 atom stereocenters. The molecule has 1 heterocycles. The maximum absolute atomic E-state index is 12.7. The molecule has 0 fully saturated rings. The normalized spacial score (nSPS) is 21.9. The average Bonchev–Trinajstić information content (AvgIpc) is 2.76. The van der Waals surface area contributed by atoms with E-state index in [1.807, 2.05) is 6.07 Å². The van der Waals surface area contributed by atoms with E-state index in [1.165, 1.54) is 13.0 Å². The monoisotopic (exact) mass is 480 g/mol. The molecular weight excluding hydrogens is 448 g/mol. The Hall–Kier alpha value is -3.15. The van der Waals surface area contributed by atoms with Crippen molar-refractivity contribution in [2.24, 2.45) is 0 Å². The number of aliphatic hydroxyl groups excluding tert-OH is 3. The van der Waals surface area contributed by atoms with Crippen LogP contribution in [0.3, 0.4) is 0 Å². The van der Waals surface area contributed by atoms with E-state index in [9.17, 15) is 29.7 Å². The third-order valence-corrected chi connectivity index (χ3v) is 4.72. The van der Waals surface area contributed by atoms with E-state index in [0.717, 1.165) is 5.56 Å². The summed E-state index contributed by atoms with van der Waals surface area (Å²) >= 11 is 0. The van der Waals surface area contributed by atoms with Gasteiger partial charge < -0.3 is 40.2 Å². The van der Waals surface area contributed by atoms with Gasteiger partial charge in [0.05, 0.1) is 18.7 Å². The SMILES string of the molecule is CC(=O)N[C@H]1[C@H]([C@H](O)[C@H](O)CO)OC(C(=O)OCc2ccccc2)=C[C@@H]1NC(=O)OC(C)(C)C. The van der Waals surface area contributed by atoms with Crippen molar-refractivity contribution in [1.29, 1.82) is 0 Å². The number of carbonyl (C=O) groups is 3. The molecule has 0 unspecified atom stereocenters. The van der Waals surface area contributed by atoms with Gasteiger partial charge in [0.2, 0.25) is 11.7 Å². The van der Waals surface area contributed by atoms with Crippen LogP contribution in [-0.2, 0) is 30.4 Å². The van der Waals surface area contributed by atoms with Crippen molar-refractivity contribution in [3.05, 3.63) is 47.7 Å². The third-order valence-electron chi connectivity index (χ3n) is 4.72. The highest BCUT2D eigenvalue weighted by Crippen LogP contribution is 2.24. The van der Waals surface area contributed by atoms with Gasteiger partial charge in [0.1, 0.15) is 30.5 Å². The van der Waals surface area contributed by atoms with Crippen LogP contribution in [0.5, 0.6) is 0 Å². The number of alkyl carbamates (subject to hydrolysis) is 1. The summed E-state index contributed by atoms with van der Waals surface area (Å²) in [5, 5.41) is 34.9. The maximum atomic E-state index is 12.7. The van der Waals surface area contributed by atoms with Crippen LogP contribution in [0.1, 0.15) is 33.3 Å². The van der Waals surface area contributed by atoms with Crippen LogP contribution in [0.2, 0.25) is 0 Å². The first-order valence-electron chi connectivity index (χ1n) is 10.7. The lowest BCUT2D eigenvalue weighted by Gasteiger charge is -2.40. The molecule has 0 spiro atoms. The van der Waals surface area contributed by atoms with Crippen molar-refractivity contribution in [1.82, 2.24) is 10.6 Å². The predicted octanol–water partition coefficient (Wildman–Crippen LogP) is 0.125. The molecule has 1 aliphatic heterocycles. The first-order chi connectivity index (χ1) is 15.9. The third kappa shape index (κ3) is 8.01. The van der Waals surface area contributed by atoms with Gasteiger partial charge in [-0.2, -0.15) is 0 Å². The number of esters is 1. The Kier molecular flexibility index (Phi) is 9.42. The summed E-state index contributed by atoms with van der Waals surface area (Å²) in [6.45, 7) is 5.32. The number of nitrogens with one attached hydrogen (secondary N) is 2. The molecule has 5 N–H and O–H groups in total. The minimum Gasteiger partial charge on any atom is -0.478 e. The zero-order valence-electron chi connectivity index (χ0n) is 19.6. The van der Waals surface area contributed by atoms with Gasteiger partial charge in [0.15, 0.2) is 0 Å². The Balaban J connectivity index is 2.34. The quantitative estimate of drug-likeness (QED) is 0.325. The van der Waals surface area contributed by atoms with E-state index in [-0.39, 0.29) is 12.4 Å². The number of hydrogen-bond donors (Lipinski definition) is 5. The van der Waals surface area contributed by atoms with Crippen molar-refractivity contribution in [2.45, 2.75) is 70.3 Å². The van der Waals surface area contributed by atoms with Gasteiger partial charge in [-0.1, -0.05) is 30.3 Å². The molecule has 0 saturated carbocycles. The van der Waals surface area contributed by atoms with E-state index in [2.05, 4.69) is 10.6 Å². The Labute approximate surface area is 197 Å². The fourth-order valence-electron chi connectivity index (χ4n) is 3.23. The summed E-state index contributed by atoms with van der Waals surface area (Å²) in [5.74, 6) is -1.77. The fourth-order valence-corrected chi connectivity index (χ4v) is 3.23. The Morgan fingerprint density at radius 3 is 2.32 bits per heavy atom. The summed E-state index contributed by atoms with van der Waals surface area (Å²) in [7, 11) is 0. The zero-order valence-corrected chi connectivity index (χ0v) is 19.6. The Morgan fingerprint density at radius 2 is 1.76 bits per heavy atom. The number of hydrogen-bond acceptors (Lipinski definition) is 9. The van der Waals surface area contributed by atoms with Gasteiger partial charge in [0.25, 0.3) is 0 Å². The first kappa shape index (κ1) is 27.1. The van der Waals surface area contributed by atoms with Gasteiger partial charge in [0, 0.05) is 6.92 Å². The molecule has 0 bridgehead atoms. The highest BCUT2D eigenvalue weighted by Gasteiger charge is 2.44. The molecule has 1 aromatic carbocycles. The molecule has 188 valence electrons. The summed E-state index contributed by atoms with van der Waals surface area (Å²) in [4.78, 5) is 37.0. The van der Waals surface area contributed by atoms with Gasteiger partial charge >= 0.3 is 12.1 Å². The minimum absolute atomic E-state index is 0.0633. The molecular formula is C23H32N2O9. The summed E-state index contributed by atoms with van der Waals surface area (Å²) in [6, 6.07) is 6.68. The van der Waals surface area contributed by atoms with Gasteiger partial charge in [-0.25, -0.2) is 9.59 Å². The van der Waals surface area contributed by atoms with Gasteiger partial charge in [-0.3, -0.25) is 4.79 Å². The molecule has 2 amide bonds. The minimum atomic E-state index is -1.73. The fraction of sp³-hybridized carbons (Fsp3) is 0.522. The van der Waals surface area contributed by atoms with Crippen LogP contribution >= 0.6 is 0 Å². The topological polar surface area (TPSA) is 164 Å². The molecule has 0 aromatic heterocycles. The lowest BCUT2D eigenvalue weighted by atomic mass is 9.92. The molecule has 11 heteroatoms. The van der Waals surface area contributed by atoms with Crippen molar-refractivity contribution < 1.29 is 43.9 Å². The van der Waals surface area contributed by atoms with Crippen LogP contribution in [-0.4, -0.2) is 75.9 Å². The molecule has 0 saturated heterocycles. The van der Waals surface area contributed by atoms with E-state index in [1.54, 1.807) is 45.0 Å². The molecule has 0 radical (unpaired) electrons. The van der Waals surface area contributed by atoms with Gasteiger partial charge in [-0.15, -0.1) is 0 Å². The van der Waals surface area contributed by atoms with Crippen molar-refractivity contribution in [3.63, 3.8) is 0 Å². The van der Waals surface area contributed by atoms with Crippen molar-refractivity contribution >= 4 is 18.0 Å². The maximum Gasteiger partial charge on any atom is 0.408 e. The first-order valence-corrected chi connectivity index (χ1v) is 10.7. The summed E-state index contributed by atoms with van der Waals surface area (Å²) in [5.41, 5.74) is -0.106. The lowest BCUT2D eigenvalue weighted by molar-refractivity contribution is -0.152. The van der Waals surface area contributed by atoms with Crippen LogP contribution in [0, 0.1) is 0 Å². The summed E-state index contributed by atoms with van der Waals surface area (Å²) in [6.07, 6.45) is -4.42. The number of aliphatic hydroxyl groups is 3. The predicted molar refractivity (Wildman–Crippen MR) is 119 cm³/mol. The Morgan fingerprint density at radius 1 is 1.12 bits per heavy atom. The van der Waals surface area contributed by atoms with Crippen LogP contribution in [0.4, 0.5) is 4.79 Å². The highest BCUT2D eigenvalue weighted by molar-refractivity contribution is 5.87. The average molecular weight is 481 g/mol. The second kappa shape index (κ2) is 11.8. The van der Waals surface area contributed by atoms with Crippen LogP contribution in [0.15, 0.2) is 42.2 Å². The molecule has 1 aliphatic rings. The number of rotatable bonds is 8. The van der Waals surface area contributed by atoms with E-state index in [0.29, 0.717) is 0 Å². The Bertz CT molecular complexity index is 882. The largest absolute Gasteiger partial charge is 0.478 e. The number of carbonyl (C=O) groups excluding carboxylic acids is 3.